The first kappa shape index (κ1) is 19.2. The minimum absolute atomic E-state index is 0.183. The van der Waals surface area contributed by atoms with Gasteiger partial charge in [0.25, 0.3) is 11.5 Å². The van der Waals surface area contributed by atoms with Gasteiger partial charge in [-0.15, -0.1) is 0 Å². The van der Waals surface area contributed by atoms with Gasteiger partial charge >= 0.3 is 0 Å². The van der Waals surface area contributed by atoms with Crippen LogP contribution in [0.4, 0.5) is 11.5 Å². The normalized spacial score (nSPS) is 14.6. The number of nitrogens with two attached hydrogens (primary N) is 1. The second-order valence-corrected chi connectivity index (χ2v) is 6.93. The molecule has 2 N–H and O–H groups in total. The highest BCUT2D eigenvalue weighted by atomic mass is 16.1. The van der Waals surface area contributed by atoms with E-state index >= 15 is 0 Å². The van der Waals surface area contributed by atoms with Crippen molar-refractivity contribution in [3.63, 3.8) is 0 Å². The number of piperazine rings is 1. The molecule has 150 valence electrons. The number of hydrogen-bond donors (Lipinski definition) is 1. The van der Waals surface area contributed by atoms with Crippen LogP contribution in [-0.2, 0) is 4.79 Å². The highest BCUT2D eigenvalue weighted by Crippen LogP contribution is 2.23. The molecule has 0 saturated carbocycles. The van der Waals surface area contributed by atoms with Crippen molar-refractivity contribution in [1.82, 2.24) is 9.38 Å². The summed E-state index contributed by atoms with van der Waals surface area (Å²) in [6.07, 6.45) is 2.85. The van der Waals surface area contributed by atoms with Crippen LogP contribution in [0.5, 0.6) is 0 Å². The van der Waals surface area contributed by atoms with Crippen molar-refractivity contribution in [3.8, 4) is 6.07 Å². The molecule has 1 aliphatic heterocycles. The zero-order valence-corrected chi connectivity index (χ0v) is 16.2. The zero-order valence-electron chi connectivity index (χ0n) is 16.2. The molecule has 0 aliphatic carbocycles. The summed E-state index contributed by atoms with van der Waals surface area (Å²) in [5, 5.41) is 9.26. The number of aromatic nitrogens is 2. The van der Waals surface area contributed by atoms with E-state index in [-0.39, 0.29) is 16.7 Å². The number of nitrogens with zero attached hydrogens (tertiary/aromatic N) is 5. The molecule has 2 aromatic heterocycles. The van der Waals surface area contributed by atoms with E-state index < -0.39 is 5.91 Å². The molecule has 3 aromatic rings. The summed E-state index contributed by atoms with van der Waals surface area (Å²) in [5.74, 6) is -0.428. The summed E-state index contributed by atoms with van der Waals surface area (Å²) in [5.41, 5.74) is 6.48. The molecule has 4 rings (SSSR count). The number of nitriles is 1. The second-order valence-electron chi connectivity index (χ2n) is 6.93. The van der Waals surface area contributed by atoms with Crippen molar-refractivity contribution in [1.29, 1.82) is 5.26 Å². The number of benzene rings is 1. The van der Waals surface area contributed by atoms with Crippen LogP contribution in [0.15, 0.2) is 65.1 Å². The topological polar surface area (TPSA) is 108 Å². The van der Waals surface area contributed by atoms with Gasteiger partial charge in [-0.05, 0) is 30.3 Å². The maximum absolute atomic E-state index is 13.1. The third-order valence-electron chi connectivity index (χ3n) is 5.12. The van der Waals surface area contributed by atoms with E-state index in [0.717, 1.165) is 18.8 Å². The van der Waals surface area contributed by atoms with Crippen LogP contribution in [0, 0.1) is 11.3 Å². The number of rotatable bonds is 4. The van der Waals surface area contributed by atoms with Gasteiger partial charge in [0.15, 0.2) is 0 Å². The number of primary amides is 1. The van der Waals surface area contributed by atoms with E-state index in [1.165, 1.54) is 10.5 Å². The average Bonchev–Trinajstić information content (AvgIpc) is 2.79. The van der Waals surface area contributed by atoms with Gasteiger partial charge in [-0.2, -0.15) is 5.26 Å². The number of para-hydroxylation sites is 1. The van der Waals surface area contributed by atoms with Gasteiger partial charge in [0, 0.05) is 38.1 Å². The van der Waals surface area contributed by atoms with Crippen LogP contribution in [0.1, 0.15) is 5.56 Å². The maximum atomic E-state index is 13.1. The minimum Gasteiger partial charge on any atom is -0.368 e. The molecule has 8 heteroatoms. The quantitative estimate of drug-likeness (QED) is 0.524. The van der Waals surface area contributed by atoms with Gasteiger partial charge in [-0.25, -0.2) is 4.98 Å². The minimum atomic E-state index is -0.880. The zero-order chi connectivity index (χ0) is 21.1. The molecule has 1 aliphatic rings. The predicted molar refractivity (Wildman–Crippen MR) is 115 cm³/mol. The summed E-state index contributed by atoms with van der Waals surface area (Å²) in [6, 6.07) is 17.2. The van der Waals surface area contributed by atoms with Crippen LogP contribution in [-0.4, -0.2) is 41.5 Å². The van der Waals surface area contributed by atoms with Crippen LogP contribution in [0.3, 0.4) is 0 Å². The molecule has 1 aromatic carbocycles. The number of amides is 1. The van der Waals surface area contributed by atoms with Gasteiger partial charge in [-0.3, -0.25) is 14.0 Å². The molecule has 3 heterocycles. The molecule has 0 bridgehead atoms. The Hall–Kier alpha value is -4.12. The Morgan fingerprint density at radius 2 is 1.70 bits per heavy atom. The van der Waals surface area contributed by atoms with E-state index in [1.807, 2.05) is 23.1 Å². The SMILES string of the molecule is N#C/C(=C\c1c(N2CCN(c3ccccc3)CC2)nc2ccccn2c1=O)C(N)=O. The standard InChI is InChI=1S/C22H20N6O2/c23-15-16(20(24)29)14-18-21(25-19-8-4-5-9-28(19)22(18)30)27-12-10-26(11-13-27)17-6-2-1-3-7-17/h1-9,14H,10-13H2,(H2,24,29)/b16-14+. The summed E-state index contributed by atoms with van der Waals surface area (Å²) >= 11 is 0. The first-order valence-corrected chi connectivity index (χ1v) is 9.56. The second kappa shape index (κ2) is 8.09. The summed E-state index contributed by atoms with van der Waals surface area (Å²) in [7, 11) is 0. The van der Waals surface area contributed by atoms with Gasteiger partial charge in [0.1, 0.15) is 23.1 Å². The van der Waals surface area contributed by atoms with Crippen LogP contribution < -0.4 is 21.1 Å². The largest absolute Gasteiger partial charge is 0.368 e. The number of hydrogen-bond acceptors (Lipinski definition) is 6. The third-order valence-corrected chi connectivity index (χ3v) is 5.12. The number of pyridine rings is 1. The van der Waals surface area contributed by atoms with Crippen molar-refractivity contribution >= 4 is 29.1 Å². The summed E-state index contributed by atoms with van der Waals surface area (Å²) in [6.45, 7) is 2.79. The smallest absolute Gasteiger partial charge is 0.267 e. The molecular weight excluding hydrogens is 380 g/mol. The Morgan fingerprint density at radius 3 is 2.37 bits per heavy atom. The fourth-order valence-electron chi connectivity index (χ4n) is 3.58. The lowest BCUT2D eigenvalue weighted by atomic mass is 10.1. The molecular formula is C22H20N6O2. The summed E-state index contributed by atoms with van der Waals surface area (Å²) < 4.78 is 1.39. The van der Waals surface area contributed by atoms with Gasteiger partial charge in [0.05, 0.1) is 5.56 Å². The number of carbonyl (C=O) groups excluding carboxylic acids is 1. The van der Waals surface area contributed by atoms with E-state index in [0.29, 0.717) is 24.6 Å². The molecule has 0 spiro atoms. The van der Waals surface area contributed by atoms with E-state index in [9.17, 15) is 14.9 Å². The highest BCUT2D eigenvalue weighted by molar-refractivity contribution is 6.01. The number of anilines is 2. The predicted octanol–water partition coefficient (Wildman–Crippen LogP) is 1.41. The fraction of sp³-hybridized carbons (Fsp3) is 0.182. The molecule has 8 nitrogen and oxygen atoms in total. The first-order chi connectivity index (χ1) is 14.6. The lowest BCUT2D eigenvalue weighted by Crippen LogP contribution is -2.47. The fourth-order valence-corrected chi connectivity index (χ4v) is 3.58. The number of carbonyl (C=O) groups is 1. The third kappa shape index (κ3) is 3.61. The summed E-state index contributed by atoms with van der Waals surface area (Å²) in [4.78, 5) is 33.7. The van der Waals surface area contributed by atoms with Crippen molar-refractivity contribution in [2.75, 3.05) is 36.0 Å². The molecule has 0 unspecified atom stereocenters. The van der Waals surface area contributed by atoms with Gasteiger partial charge in [0.2, 0.25) is 0 Å². The Morgan fingerprint density at radius 1 is 1.03 bits per heavy atom. The molecule has 0 atom stereocenters. The average molecular weight is 400 g/mol. The Balaban J connectivity index is 1.75. The van der Waals surface area contributed by atoms with Gasteiger partial charge in [-0.1, -0.05) is 24.3 Å². The van der Waals surface area contributed by atoms with Crippen molar-refractivity contribution < 1.29 is 4.79 Å². The number of fused-ring (bicyclic) bond motifs is 1. The molecule has 1 saturated heterocycles. The van der Waals surface area contributed by atoms with Crippen molar-refractivity contribution in [3.05, 3.63) is 76.2 Å². The molecule has 1 amide bonds. The van der Waals surface area contributed by atoms with Crippen molar-refractivity contribution in [2.24, 2.45) is 5.73 Å². The molecule has 1 fully saturated rings. The first-order valence-electron chi connectivity index (χ1n) is 9.56. The lowest BCUT2D eigenvalue weighted by molar-refractivity contribution is -0.114. The van der Waals surface area contributed by atoms with E-state index in [4.69, 9.17) is 5.73 Å². The van der Waals surface area contributed by atoms with Crippen LogP contribution in [0.2, 0.25) is 0 Å². The van der Waals surface area contributed by atoms with E-state index in [2.05, 4.69) is 22.0 Å². The molecule has 30 heavy (non-hydrogen) atoms. The van der Waals surface area contributed by atoms with Crippen molar-refractivity contribution in [2.45, 2.75) is 0 Å². The Kier molecular flexibility index (Phi) is 5.18. The Labute approximate surface area is 173 Å². The highest BCUT2D eigenvalue weighted by Gasteiger charge is 2.23. The Bertz CT molecular complexity index is 1220. The maximum Gasteiger partial charge on any atom is 0.267 e. The van der Waals surface area contributed by atoms with Crippen LogP contribution in [0.25, 0.3) is 11.7 Å². The van der Waals surface area contributed by atoms with Gasteiger partial charge < -0.3 is 15.5 Å². The van der Waals surface area contributed by atoms with Crippen LogP contribution >= 0.6 is 0 Å². The molecule has 0 radical (unpaired) electrons. The monoisotopic (exact) mass is 400 g/mol. The lowest BCUT2D eigenvalue weighted by Gasteiger charge is -2.37. The van der Waals surface area contributed by atoms with E-state index in [1.54, 1.807) is 30.5 Å².